The molecule has 0 aliphatic carbocycles. The van der Waals surface area contributed by atoms with Gasteiger partial charge in [0.2, 0.25) is 5.92 Å². The highest BCUT2D eigenvalue weighted by Gasteiger charge is 2.33. The van der Waals surface area contributed by atoms with Crippen LogP contribution in [-0.2, 0) is 9.73 Å². The molecule has 1 fully saturated rings. The minimum Gasteiger partial charge on any atom is -0.486 e. The smallest absolute Gasteiger partial charge is 0.257 e. The van der Waals surface area contributed by atoms with E-state index in [9.17, 15) is 17.8 Å². The van der Waals surface area contributed by atoms with E-state index in [0.717, 1.165) is 0 Å². The van der Waals surface area contributed by atoms with Crippen LogP contribution in [0.1, 0.15) is 29.6 Å². The number of benzene rings is 1. The number of amides is 1. The van der Waals surface area contributed by atoms with Crippen LogP contribution in [0.25, 0.3) is 0 Å². The summed E-state index contributed by atoms with van der Waals surface area (Å²) < 4.78 is 58.8. The summed E-state index contributed by atoms with van der Waals surface area (Å²) in [6, 6.07) is 6.12. The van der Waals surface area contributed by atoms with E-state index >= 15 is 0 Å². The quantitative estimate of drug-likeness (QED) is 0.711. The summed E-state index contributed by atoms with van der Waals surface area (Å²) in [5.41, 5.74) is 1.06. The molecule has 0 spiro atoms. The normalized spacial score (nSPS) is 19.5. The zero-order valence-electron chi connectivity index (χ0n) is 17.5. The summed E-state index contributed by atoms with van der Waals surface area (Å²) in [6.45, 7) is 1.18. The molecule has 0 radical (unpaired) electrons. The number of carbonyl (C=O) groups excluding carboxylic acids is 1. The molecule has 0 saturated carbocycles. The largest absolute Gasteiger partial charge is 0.486 e. The topological polar surface area (TPSA) is 105 Å². The standard InChI is InChI=1S/C21H24F2N4O4S/c1-32(24,29)19-11-14(3-6-25-19)26-20(28)15-12-17-18(31-10-9-30-17)13-16(15)27-7-2-4-21(22,23)5-8-27/h3,6,11-13,24H,2,4-5,7-10H2,1H3,(H,25,26,28). The summed E-state index contributed by atoms with van der Waals surface area (Å²) >= 11 is 0. The Morgan fingerprint density at radius 1 is 1.19 bits per heavy atom. The van der Waals surface area contributed by atoms with Crippen LogP contribution in [0.2, 0.25) is 0 Å². The Morgan fingerprint density at radius 3 is 2.62 bits per heavy atom. The lowest BCUT2D eigenvalue weighted by molar-refractivity contribution is -0.0102. The molecule has 172 valence electrons. The molecule has 4 rings (SSSR count). The second-order valence-corrected chi connectivity index (χ2v) is 10.00. The number of halogens is 2. The van der Waals surface area contributed by atoms with E-state index in [4.69, 9.17) is 14.3 Å². The second kappa shape index (κ2) is 8.53. The fraction of sp³-hybridized carbons (Fsp3) is 0.429. The monoisotopic (exact) mass is 466 g/mol. The Morgan fingerprint density at radius 2 is 1.91 bits per heavy atom. The predicted molar refractivity (Wildman–Crippen MR) is 116 cm³/mol. The van der Waals surface area contributed by atoms with E-state index in [0.29, 0.717) is 49.1 Å². The minimum atomic E-state index is -3.06. The lowest BCUT2D eigenvalue weighted by Crippen LogP contribution is -2.29. The number of alkyl halides is 2. The number of pyridine rings is 1. The van der Waals surface area contributed by atoms with Gasteiger partial charge in [-0.05, 0) is 24.6 Å². The molecule has 1 aromatic heterocycles. The van der Waals surface area contributed by atoms with Crippen LogP contribution in [0, 0.1) is 4.78 Å². The molecule has 32 heavy (non-hydrogen) atoms. The van der Waals surface area contributed by atoms with Crippen molar-refractivity contribution in [3.05, 3.63) is 36.0 Å². The summed E-state index contributed by atoms with van der Waals surface area (Å²) in [7, 11) is -3.06. The molecule has 0 bridgehead atoms. The van der Waals surface area contributed by atoms with E-state index in [2.05, 4.69) is 10.3 Å². The number of rotatable bonds is 4. The van der Waals surface area contributed by atoms with Crippen molar-refractivity contribution in [3.63, 3.8) is 0 Å². The van der Waals surface area contributed by atoms with Gasteiger partial charge in [-0.15, -0.1) is 0 Å². The Balaban J connectivity index is 1.68. The fourth-order valence-electron chi connectivity index (χ4n) is 3.72. The van der Waals surface area contributed by atoms with Gasteiger partial charge in [-0.2, -0.15) is 0 Å². The Kier molecular flexibility index (Phi) is 5.93. The van der Waals surface area contributed by atoms with Crippen LogP contribution in [0.5, 0.6) is 11.5 Å². The van der Waals surface area contributed by atoms with Gasteiger partial charge >= 0.3 is 0 Å². The van der Waals surface area contributed by atoms with Crippen LogP contribution in [-0.4, -0.2) is 53.6 Å². The molecule has 1 saturated heterocycles. The minimum absolute atomic E-state index is 0.0486. The van der Waals surface area contributed by atoms with E-state index in [1.807, 2.05) is 0 Å². The van der Waals surface area contributed by atoms with Crippen LogP contribution >= 0.6 is 0 Å². The highest BCUT2D eigenvalue weighted by molar-refractivity contribution is 7.91. The number of carbonyl (C=O) groups is 1. The maximum Gasteiger partial charge on any atom is 0.257 e. The van der Waals surface area contributed by atoms with Gasteiger partial charge in [0.25, 0.3) is 5.91 Å². The lowest BCUT2D eigenvalue weighted by Gasteiger charge is -2.28. The average molecular weight is 467 g/mol. The summed E-state index contributed by atoms with van der Waals surface area (Å²) in [4.78, 5) is 18.9. The highest BCUT2D eigenvalue weighted by atomic mass is 32.2. The average Bonchev–Trinajstić information content (AvgIpc) is 2.92. The van der Waals surface area contributed by atoms with Crippen LogP contribution in [0.15, 0.2) is 35.5 Å². The van der Waals surface area contributed by atoms with Crippen molar-refractivity contribution in [2.24, 2.45) is 0 Å². The molecule has 2 aromatic rings. The molecule has 1 amide bonds. The highest BCUT2D eigenvalue weighted by Crippen LogP contribution is 2.39. The third-order valence-electron chi connectivity index (χ3n) is 5.36. The Bertz CT molecular complexity index is 1140. The second-order valence-electron chi connectivity index (χ2n) is 7.89. The van der Waals surface area contributed by atoms with Gasteiger partial charge in [-0.1, -0.05) is 0 Å². The van der Waals surface area contributed by atoms with Crippen molar-refractivity contribution < 1.29 is 27.3 Å². The molecule has 1 atom stereocenters. The summed E-state index contributed by atoms with van der Waals surface area (Å²) in [6.07, 6.45) is 2.41. The van der Waals surface area contributed by atoms with Crippen LogP contribution in [0.4, 0.5) is 20.2 Å². The summed E-state index contributed by atoms with van der Waals surface area (Å²) in [5, 5.41) is 2.78. The Hall–Kier alpha value is -2.95. The van der Waals surface area contributed by atoms with Crippen LogP contribution < -0.4 is 19.7 Å². The molecule has 2 N–H and O–H groups in total. The first kappa shape index (κ1) is 22.3. The molecule has 2 aliphatic rings. The molecular weight excluding hydrogens is 442 g/mol. The van der Waals surface area contributed by atoms with Gasteiger partial charge in [0.15, 0.2) is 11.5 Å². The van der Waals surface area contributed by atoms with Crippen molar-refractivity contribution >= 4 is 27.0 Å². The van der Waals surface area contributed by atoms with Gasteiger partial charge in [-0.25, -0.2) is 22.8 Å². The van der Waals surface area contributed by atoms with Crippen molar-refractivity contribution in [2.75, 3.05) is 42.8 Å². The van der Waals surface area contributed by atoms with Gasteiger partial charge < -0.3 is 19.7 Å². The van der Waals surface area contributed by atoms with Gasteiger partial charge in [-0.3, -0.25) is 4.79 Å². The first-order chi connectivity index (χ1) is 15.1. The number of hydrogen-bond donors (Lipinski definition) is 2. The number of aromatic nitrogens is 1. The van der Waals surface area contributed by atoms with E-state index in [1.165, 1.54) is 24.6 Å². The zero-order chi connectivity index (χ0) is 22.9. The van der Waals surface area contributed by atoms with Crippen LogP contribution in [0.3, 0.4) is 0 Å². The fourth-order valence-corrected chi connectivity index (χ4v) is 4.34. The number of fused-ring (bicyclic) bond motifs is 1. The van der Waals surface area contributed by atoms with Crippen molar-refractivity contribution in [1.82, 2.24) is 4.98 Å². The molecular formula is C21H24F2N4O4S. The predicted octanol–water partition coefficient (Wildman–Crippen LogP) is 3.77. The third-order valence-corrected chi connectivity index (χ3v) is 6.38. The van der Waals surface area contributed by atoms with Gasteiger partial charge in [0, 0.05) is 50.1 Å². The molecule has 1 aromatic carbocycles. The number of hydrogen-bond acceptors (Lipinski definition) is 7. The number of nitrogens with zero attached hydrogens (tertiary/aromatic N) is 2. The number of nitrogens with one attached hydrogen (secondary N) is 2. The third kappa shape index (κ3) is 4.93. The van der Waals surface area contributed by atoms with E-state index < -0.39 is 21.6 Å². The molecule has 11 heteroatoms. The first-order valence-electron chi connectivity index (χ1n) is 10.2. The molecule has 1 unspecified atom stereocenters. The van der Waals surface area contributed by atoms with E-state index in [-0.39, 0.29) is 30.0 Å². The van der Waals surface area contributed by atoms with Crippen molar-refractivity contribution in [3.8, 4) is 11.5 Å². The SMILES string of the molecule is CS(=N)(=O)c1cc(NC(=O)c2cc3c(cc2N2CCCC(F)(F)CC2)OCCO3)ccn1. The van der Waals surface area contributed by atoms with Gasteiger partial charge in [0.05, 0.1) is 21.0 Å². The molecule has 8 nitrogen and oxygen atoms in total. The maximum atomic E-state index is 13.9. The van der Waals surface area contributed by atoms with E-state index in [1.54, 1.807) is 17.0 Å². The first-order valence-corrected chi connectivity index (χ1v) is 12.2. The Labute approximate surface area is 184 Å². The van der Waals surface area contributed by atoms with Gasteiger partial charge in [0.1, 0.15) is 18.2 Å². The number of ether oxygens (including phenoxy) is 2. The number of anilines is 2. The maximum absolute atomic E-state index is 13.9. The molecule has 3 heterocycles. The summed E-state index contributed by atoms with van der Waals surface area (Å²) in [5.74, 6) is -2.35. The van der Waals surface area contributed by atoms with Crippen molar-refractivity contribution in [1.29, 1.82) is 4.78 Å². The lowest BCUT2D eigenvalue weighted by atomic mass is 10.1. The van der Waals surface area contributed by atoms with Crippen molar-refractivity contribution in [2.45, 2.75) is 30.2 Å². The zero-order valence-corrected chi connectivity index (χ0v) is 18.3. The molecule has 2 aliphatic heterocycles.